The lowest BCUT2D eigenvalue weighted by Crippen LogP contribution is -2.21. The average molecular weight is 206 g/mol. The van der Waals surface area contributed by atoms with Crippen LogP contribution in [0.15, 0.2) is 0 Å². The Kier molecular flexibility index (Phi) is 5.13. The third-order valence-corrected chi connectivity index (χ3v) is 2.34. The molecule has 0 amide bonds. The van der Waals surface area contributed by atoms with Crippen molar-refractivity contribution in [1.29, 1.82) is 0 Å². The van der Waals surface area contributed by atoms with Crippen LogP contribution in [0.1, 0.15) is 13.3 Å². The van der Waals surface area contributed by atoms with Crippen LogP contribution in [0.3, 0.4) is 0 Å². The van der Waals surface area contributed by atoms with Gasteiger partial charge in [0, 0.05) is 6.42 Å². The fourth-order valence-electron chi connectivity index (χ4n) is 0.650. The van der Waals surface area contributed by atoms with Crippen LogP contribution in [-0.2, 0) is 14.4 Å². The van der Waals surface area contributed by atoms with Crippen LogP contribution in [0.25, 0.3) is 0 Å². The number of ketones is 1. The number of Topliss-reactive ketones (excluding diaryl/α,β-unsaturated/α-hetero) is 1. The molecule has 0 spiro atoms. The lowest BCUT2D eigenvalue weighted by atomic mass is 10.2. The molecule has 0 aliphatic heterocycles. The summed E-state index contributed by atoms with van der Waals surface area (Å²) >= 11 is 0.746. The van der Waals surface area contributed by atoms with E-state index in [1.807, 2.05) is 0 Å². The highest BCUT2D eigenvalue weighted by Crippen LogP contribution is 2.14. The second-order valence-electron chi connectivity index (χ2n) is 2.44. The molecule has 0 aliphatic carbocycles. The highest BCUT2D eigenvalue weighted by atomic mass is 32.2. The zero-order valence-electron chi connectivity index (χ0n) is 7.02. The third-order valence-electron chi connectivity index (χ3n) is 1.16. The number of rotatable bonds is 6. The van der Waals surface area contributed by atoms with E-state index in [9.17, 15) is 14.4 Å². The highest BCUT2D eigenvalue weighted by Gasteiger charge is 2.20. The maximum absolute atomic E-state index is 10.6. The van der Waals surface area contributed by atoms with Crippen molar-refractivity contribution in [2.45, 2.75) is 18.6 Å². The van der Waals surface area contributed by atoms with Gasteiger partial charge < -0.3 is 10.2 Å². The van der Waals surface area contributed by atoms with Crippen molar-refractivity contribution in [3.05, 3.63) is 0 Å². The molecule has 0 saturated carbocycles. The van der Waals surface area contributed by atoms with E-state index < -0.39 is 17.2 Å². The first-order valence-corrected chi connectivity index (χ1v) is 4.54. The number of carbonyl (C=O) groups is 3. The lowest BCUT2D eigenvalue weighted by molar-refractivity contribution is -0.137. The van der Waals surface area contributed by atoms with E-state index in [0.29, 0.717) is 0 Å². The summed E-state index contributed by atoms with van der Waals surface area (Å²) in [4.78, 5) is 31.2. The predicted octanol–water partition coefficient (Wildman–Crippen LogP) is 0.236. The van der Waals surface area contributed by atoms with Gasteiger partial charge in [-0.05, 0) is 6.92 Å². The van der Waals surface area contributed by atoms with E-state index in [1.54, 1.807) is 0 Å². The second kappa shape index (κ2) is 5.58. The first-order valence-electron chi connectivity index (χ1n) is 3.49. The highest BCUT2D eigenvalue weighted by molar-refractivity contribution is 8.01. The van der Waals surface area contributed by atoms with Crippen LogP contribution < -0.4 is 0 Å². The van der Waals surface area contributed by atoms with Crippen molar-refractivity contribution in [2.75, 3.05) is 5.75 Å². The van der Waals surface area contributed by atoms with Gasteiger partial charge in [0.05, 0.1) is 5.75 Å². The summed E-state index contributed by atoms with van der Waals surface area (Å²) in [5.74, 6) is -2.80. The van der Waals surface area contributed by atoms with E-state index >= 15 is 0 Å². The van der Waals surface area contributed by atoms with Crippen molar-refractivity contribution in [3.63, 3.8) is 0 Å². The van der Waals surface area contributed by atoms with Crippen LogP contribution in [0.4, 0.5) is 0 Å². The molecule has 0 aromatic carbocycles. The monoisotopic (exact) mass is 206 g/mol. The number of carbonyl (C=O) groups excluding carboxylic acids is 1. The molecule has 13 heavy (non-hydrogen) atoms. The third kappa shape index (κ3) is 6.15. The van der Waals surface area contributed by atoms with Crippen LogP contribution in [0.2, 0.25) is 0 Å². The molecule has 0 aromatic rings. The molecule has 0 fully saturated rings. The number of carboxylic acid groups (broad SMARTS) is 2. The molecule has 2 N–H and O–H groups in total. The Morgan fingerprint density at radius 3 is 2.15 bits per heavy atom. The van der Waals surface area contributed by atoms with E-state index in [4.69, 9.17) is 10.2 Å². The van der Waals surface area contributed by atoms with E-state index in [0.717, 1.165) is 11.8 Å². The van der Waals surface area contributed by atoms with Crippen LogP contribution >= 0.6 is 11.8 Å². The normalized spacial score (nSPS) is 12.1. The van der Waals surface area contributed by atoms with Gasteiger partial charge in [-0.1, -0.05) is 0 Å². The minimum atomic E-state index is -1.15. The van der Waals surface area contributed by atoms with E-state index in [1.165, 1.54) is 6.92 Å². The lowest BCUT2D eigenvalue weighted by Gasteiger charge is -2.07. The Labute approximate surface area is 79.1 Å². The Bertz CT molecular complexity index is 225. The Morgan fingerprint density at radius 2 is 1.85 bits per heavy atom. The summed E-state index contributed by atoms with van der Waals surface area (Å²) in [6, 6.07) is 0. The summed E-state index contributed by atoms with van der Waals surface area (Å²) in [5, 5.41) is 15.9. The molecular weight excluding hydrogens is 196 g/mol. The van der Waals surface area contributed by atoms with Gasteiger partial charge in [-0.15, -0.1) is 11.8 Å². The SMILES string of the molecule is CC(=O)CC(SCC(=O)O)C(=O)O. The molecule has 0 radical (unpaired) electrons. The predicted molar refractivity (Wildman–Crippen MR) is 46.8 cm³/mol. The van der Waals surface area contributed by atoms with Crippen molar-refractivity contribution in [1.82, 2.24) is 0 Å². The molecule has 1 unspecified atom stereocenters. The number of hydrogen-bond donors (Lipinski definition) is 2. The molecule has 5 nitrogen and oxygen atoms in total. The summed E-state index contributed by atoms with van der Waals surface area (Å²) in [5.41, 5.74) is 0. The summed E-state index contributed by atoms with van der Waals surface area (Å²) < 4.78 is 0. The average Bonchev–Trinajstić information content (AvgIpc) is 1.96. The molecule has 1 atom stereocenters. The van der Waals surface area contributed by atoms with E-state index in [-0.39, 0.29) is 18.0 Å². The first kappa shape index (κ1) is 12.0. The smallest absolute Gasteiger partial charge is 0.317 e. The Balaban J connectivity index is 4.02. The first-order chi connectivity index (χ1) is 5.93. The van der Waals surface area contributed by atoms with Gasteiger partial charge in [0.15, 0.2) is 0 Å². The largest absolute Gasteiger partial charge is 0.481 e. The van der Waals surface area contributed by atoms with Crippen molar-refractivity contribution < 1.29 is 24.6 Å². The molecular formula is C7H10O5S. The number of carboxylic acids is 2. The number of aliphatic carboxylic acids is 2. The van der Waals surface area contributed by atoms with Crippen LogP contribution in [-0.4, -0.2) is 38.9 Å². The molecule has 74 valence electrons. The van der Waals surface area contributed by atoms with Crippen LogP contribution in [0.5, 0.6) is 0 Å². The van der Waals surface area contributed by atoms with Gasteiger partial charge in [0.25, 0.3) is 0 Å². The van der Waals surface area contributed by atoms with Crippen LogP contribution in [0, 0.1) is 0 Å². The zero-order valence-corrected chi connectivity index (χ0v) is 7.84. The minimum absolute atomic E-state index is 0.132. The van der Waals surface area contributed by atoms with Gasteiger partial charge in [-0.3, -0.25) is 14.4 Å². The molecule has 0 heterocycles. The van der Waals surface area contributed by atoms with Gasteiger partial charge in [0.1, 0.15) is 11.0 Å². The summed E-state index contributed by atoms with van der Waals surface area (Å²) in [6.45, 7) is 1.28. The van der Waals surface area contributed by atoms with Crippen molar-refractivity contribution in [3.8, 4) is 0 Å². The zero-order chi connectivity index (χ0) is 10.4. The fraction of sp³-hybridized carbons (Fsp3) is 0.571. The van der Waals surface area contributed by atoms with Crippen molar-refractivity contribution in [2.24, 2.45) is 0 Å². The minimum Gasteiger partial charge on any atom is -0.481 e. The van der Waals surface area contributed by atoms with E-state index in [2.05, 4.69) is 0 Å². The molecule has 0 bridgehead atoms. The maximum Gasteiger partial charge on any atom is 0.317 e. The van der Waals surface area contributed by atoms with Gasteiger partial charge in [-0.25, -0.2) is 0 Å². The molecule has 6 heteroatoms. The van der Waals surface area contributed by atoms with Gasteiger partial charge in [-0.2, -0.15) is 0 Å². The Morgan fingerprint density at radius 1 is 1.31 bits per heavy atom. The van der Waals surface area contributed by atoms with Gasteiger partial charge >= 0.3 is 11.9 Å². The maximum atomic E-state index is 10.6. The summed E-state index contributed by atoms with van der Waals surface area (Å²) in [6.07, 6.45) is -0.132. The topological polar surface area (TPSA) is 91.7 Å². The standard InChI is InChI=1S/C7H10O5S/c1-4(8)2-5(7(11)12)13-3-6(9)10/h5H,2-3H2,1H3,(H,9,10)(H,11,12). The summed E-state index contributed by atoms with van der Waals surface area (Å²) in [7, 11) is 0. The molecule has 0 saturated heterocycles. The molecule has 0 aliphatic rings. The molecule has 0 rings (SSSR count). The van der Waals surface area contributed by atoms with Gasteiger partial charge in [0.2, 0.25) is 0 Å². The quantitative estimate of drug-likeness (QED) is 0.646. The molecule has 0 aromatic heterocycles. The number of thioether (sulfide) groups is 1. The number of hydrogen-bond acceptors (Lipinski definition) is 4. The Hall–Kier alpha value is -1.04. The fourth-order valence-corrected chi connectivity index (χ4v) is 1.49. The second-order valence-corrected chi connectivity index (χ2v) is 3.63. The van der Waals surface area contributed by atoms with Crippen molar-refractivity contribution >= 4 is 29.5 Å².